The van der Waals surface area contributed by atoms with Crippen molar-refractivity contribution in [2.45, 2.75) is 5.92 Å². The first kappa shape index (κ1) is 10.5. The Morgan fingerprint density at radius 1 is 1.00 bits per heavy atom. The van der Waals surface area contributed by atoms with E-state index in [-0.39, 0.29) is 11.3 Å². The van der Waals surface area contributed by atoms with Crippen molar-refractivity contribution in [2.75, 3.05) is 5.73 Å². The highest BCUT2D eigenvalue weighted by Crippen LogP contribution is 2.34. The molecule has 1 heterocycles. The van der Waals surface area contributed by atoms with Crippen LogP contribution in [0.2, 0.25) is 0 Å². The minimum Gasteiger partial charge on any atom is -0.399 e. The molecule has 82 valence electrons. The molecule has 0 bridgehead atoms. The fourth-order valence-electron chi connectivity index (χ4n) is 1.39. The van der Waals surface area contributed by atoms with Crippen molar-refractivity contribution in [3.05, 3.63) is 59.9 Å². The Balaban J connectivity index is 2.43. The van der Waals surface area contributed by atoms with E-state index < -0.39 is 5.92 Å². The summed E-state index contributed by atoms with van der Waals surface area (Å²) in [7, 11) is 0. The van der Waals surface area contributed by atoms with Gasteiger partial charge in [0.05, 0.1) is 0 Å². The number of alkyl halides is 2. The molecule has 0 aliphatic rings. The van der Waals surface area contributed by atoms with Gasteiger partial charge in [-0.05, 0) is 24.3 Å². The van der Waals surface area contributed by atoms with Crippen LogP contribution in [0, 0.1) is 0 Å². The molecule has 0 atom stereocenters. The molecule has 2 aromatic rings. The highest BCUT2D eigenvalue weighted by atomic mass is 19.3. The summed E-state index contributed by atoms with van der Waals surface area (Å²) < 4.78 is 27.8. The van der Waals surface area contributed by atoms with Crippen LogP contribution in [0.4, 0.5) is 14.5 Å². The minimum absolute atomic E-state index is 0.111. The summed E-state index contributed by atoms with van der Waals surface area (Å²) in [5, 5.41) is 0. The molecule has 0 aliphatic heterocycles. The molecule has 0 spiro atoms. The molecule has 16 heavy (non-hydrogen) atoms. The summed E-state index contributed by atoms with van der Waals surface area (Å²) in [6.45, 7) is 0. The number of pyridine rings is 1. The van der Waals surface area contributed by atoms with E-state index in [9.17, 15) is 8.78 Å². The predicted molar refractivity (Wildman–Crippen MR) is 58.1 cm³/mol. The van der Waals surface area contributed by atoms with Gasteiger partial charge in [-0.2, -0.15) is 8.78 Å². The third-order valence-corrected chi connectivity index (χ3v) is 2.26. The summed E-state index contributed by atoms with van der Waals surface area (Å²) in [4.78, 5) is 3.67. The van der Waals surface area contributed by atoms with Crippen LogP contribution in [0.3, 0.4) is 0 Å². The van der Waals surface area contributed by atoms with E-state index in [0.717, 1.165) is 0 Å². The second kappa shape index (κ2) is 3.89. The van der Waals surface area contributed by atoms with Gasteiger partial charge in [0.1, 0.15) is 5.69 Å². The zero-order valence-corrected chi connectivity index (χ0v) is 8.40. The van der Waals surface area contributed by atoms with Gasteiger partial charge in [-0.15, -0.1) is 0 Å². The number of anilines is 1. The number of nitrogens with zero attached hydrogens (tertiary/aromatic N) is 1. The maximum absolute atomic E-state index is 13.9. The number of nitrogen functional groups attached to an aromatic ring is 1. The topological polar surface area (TPSA) is 38.9 Å². The largest absolute Gasteiger partial charge is 0.399 e. The van der Waals surface area contributed by atoms with Crippen LogP contribution < -0.4 is 5.73 Å². The van der Waals surface area contributed by atoms with E-state index in [4.69, 9.17) is 5.73 Å². The number of hydrogen-bond donors (Lipinski definition) is 1. The number of benzene rings is 1. The van der Waals surface area contributed by atoms with Gasteiger partial charge in [-0.25, -0.2) is 0 Å². The summed E-state index contributed by atoms with van der Waals surface area (Å²) in [5.74, 6) is -3.09. The van der Waals surface area contributed by atoms with E-state index in [1.807, 2.05) is 0 Å². The number of hydrogen-bond acceptors (Lipinski definition) is 2. The lowest BCUT2D eigenvalue weighted by Gasteiger charge is -2.15. The van der Waals surface area contributed by atoms with Gasteiger partial charge in [0.15, 0.2) is 0 Å². The van der Waals surface area contributed by atoms with Crippen LogP contribution in [-0.2, 0) is 5.92 Å². The van der Waals surface area contributed by atoms with Crippen molar-refractivity contribution in [2.24, 2.45) is 0 Å². The Morgan fingerprint density at radius 3 is 2.25 bits per heavy atom. The van der Waals surface area contributed by atoms with Gasteiger partial charge in [-0.1, -0.05) is 18.2 Å². The molecule has 0 unspecified atom stereocenters. The Labute approximate surface area is 91.7 Å². The molecular formula is C12H10F2N2. The molecule has 0 saturated carbocycles. The molecule has 2 nitrogen and oxygen atoms in total. The van der Waals surface area contributed by atoms with Crippen LogP contribution in [-0.4, -0.2) is 4.98 Å². The molecule has 1 aromatic heterocycles. The van der Waals surface area contributed by atoms with Gasteiger partial charge >= 0.3 is 5.92 Å². The summed E-state index contributed by atoms with van der Waals surface area (Å²) in [6.07, 6.45) is 1.35. The highest BCUT2D eigenvalue weighted by Gasteiger charge is 2.35. The Morgan fingerprint density at radius 2 is 1.69 bits per heavy atom. The van der Waals surface area contributed by atoms with Crippen LogP contribution in [0.1, 0.15) is 11.3 Å². The SMILES string of the molecule is Nc1ccc(C(F)(F)c2ccccn2)cc1. The Bertz CT molecular complexity index is 466. The van der Waals surface area contributed by atoms with Crippen LogP contribution in [0.5, 0.6) is 0 Å². The molecule has 0 aliphatic carbocycles. The van der Waals surface area contributed by atoms with Crippen LogP contribution in [0.15, 0.2) is 48.7 Å². The average Bonchev–Trinajstić information content (AvgIpc) is 2.31. The van der Waals surface area contributed by atoms with Crippen LogP contribution in [0.25, 0.3) is 0 Å². The van der Waals surface area contributed by atoms with Crippen LogP contribution >= 0.6 is 0 Å². The minimum atomic E-state index is -3.09. The zero-order chi connectivity index (χ0) is 11.6. The van der Waals surface area contributed by atoms with Crippen molar-refractivity contribution >= 4 is 5.69 Å². The number of aromatic nitrogens is 1. The van der Waals surface area contributed by atoms with Crippen molar-refractivity contribution in [3.8, 4) is 0 Å². The van der Waals surface area contributed by atoms with Crippen molar-refractivity contribution in [3.63, 3.8) is 0 Å². The highest BCUT2D eigenvalue weighted by molar-refractivity contribution is 5.42. The maximum Gasteiger partial charge on any atom is 0.314 e. The Hall–Kier alpha value is -1.97. The van der Waals surface area contributed by atoms with Crippen molar-refractivity contribution in [1.29, 1.82) is 0 Å². The Kier molecular flexibility index (Phi) is 2.56. The average molecular weight is 220 g/mol. The molecule has 2 rings (SSSR count). The van der Waals surface area contributed by atoms with Crippen molar-refractivity contribution < 1.29 is 8.78 Å². The molecule has 0 radical (unpaired) electrons. The van der Waals surface area contributed by atoms with E-state index in [1.54, 1.807) is 6.07 Å². The molecule has 0 amide bonds. The first-order valence-corrected chi connectivity index (χ1v) is 4.76. The monoisotopic (exact) mass is 220 g/mol. The predicted octanol–water partition coefficient (Wildman–Crippen LogP) is 2.80. The van der Waals surface area contributed by atoms with Gasteiger partial charge in [0, 0.05) is 17.4 Å². The molecule has 1 aromatic carbocycles. The van der Waals surface area contributed by atoms with Gasteiger partial charge in [0.25, 0.3) is 0 Å². The zero-order valence-electron chi connectivity index (χ0n) is 8.40. The summed E-state index contributed by atoms with van der Waals surface area (Å²) in [5.41, 5.74) is 5.53. The lowest BCUT2D eigenvalue weighted by molar-refractivity contribution is 0.0380. The lowest BCUT2D eigenvalue weighted by atomic mass is 10.0. The van der Waals surface area contributed by atoms with Gasteiger partial charge in [0.2, 0.25) is 0 Å². The smallest absolute Gasteiger partial charge is 0.314 e. The molecule has 4 heteroatoms. The summed E-state index contributed by atoms with van der Waals surface area (Å²) in [6, 6.07) is 9.96. The van der Waals surface area contributed by atoms with E-state index in [1.165, 1.54) is 42.6 Å². The second-order valence-electron chi connectivity index (χ2n) is 3.41. The maximum atomic E-state index is 13.9. The van der Waals surface area contributed by atoms with Gasteiger partial charge in [-0.3, -0.25) is 4.98 Å². The van der Waals surface area contributed by atoms with Crippen molar-refractivity contribution in [1.82, 2.24) is 4.98 Å². The van der Waals surface area contributed by atoms with E-state index in [0.29, 0.717) is 5.69 Å². The fraction of sp³-hybridized carbons (Fsp3) is 0.0833. The molecule has 2 N–H and O–H groups in total. The number of nitrogens with two attached hydrogens (primary N) is 1. The van der Waals surface area contributed by atoms with E-state index in [2.05, 4.69) is 4.98 Å². The third-order valence-electron chi connectivity index (χ3n) is 2.26. The van der Waals surface area contributed by atoms with E-state index >= 15 is 0 Å². The summed E-state index contributed by atoms with van der Waals surface area (Å²) >= 11 is 0. The lowest BCUT2D eigenvalue weighted by Crippen LogP contribution is -2.16. The normalized spacial score (nSPS) is 11.4. The number of rotatable bonds is 2. The first-order valence-electron chi connectivity index (χ1n) is 4.76. The first-order chi connectivity index (χ1) is 7.60. The number of halogens is 2. The fourth-order valence-corrected chi connectivity index (χ4v) is 1.39. The van der Waals surface area contributed by atoms with Gasteiger partial charge < -0.3 is 5.73 Å². The second-order valence-corrected chi connectivity index (χ2v) is 3.41. The molecule has 0 fully saturated rings. The standard InChI is InChI=1S/C12H10F2N2/c13-12(14,11-3-1-2-8-16-11)9-4-6-10(15)7-5-9/h1-8H,15H2. The quantitative estimate of drug-likeness (QED) is 0.790. The molecule has 0 saturated heterocycles. The third kappa shape index (κ3) is 1.86. The molecular weight excluding hydrogens is 210 g/mol.